The van der Waals surface area contributed by atoms with Crippen molar-refractivity contribution in [1.29, 1.82) is 0 Å². The summed E-state index contributed by atoms with van der Waals surface area (Å²) in [6, 6.07) is 21.2. The fraction of sp³-hybridized carbons (Fsp3) is 0.222. The molecule has 0 saturated heterocycles. The van der Waals surface area contributed by atoms with Crippen LogP contribution in [0.3, 0.4) is 0 Å². The molecule has 0 fully saturated rings. The number of hydrogen-bond donors (Lipinski definition) is 1. The number of carbonyl (C=O) groups excluding carboxylic acids is 1. The molecule has 1 atom stereocenters. The number of para-hydroxylation sites is 1. The Morgan fingerprint density at radius 1 is 1.00 bits per heavy atom. The van der Waals surface area contributed by atoms with Crippen molar-refractivity contribution in [3.63, 3.8) is 0 Å². The molecule has 0 saturated carbocycles. The summed E-state index contributed by atoms with van der Waals surface area (Å²) in [7, 11) is 1.45. The van der Waals surface area contributed by atoms with Gasteiger partial charge in [-0.3, -0.25) is 4.79 Å². The quantitative estimate of drug-likeness (QED) is 0.425. The number of aromatic nitrogens is 1. The highest BCUT2D eigenvalue weighted by Gasteiger charge is 2.47. The maximum absolute atomic E-state index is 14.6. The number of ether oxygens (including phenoxy) is 1. The Morgan fingerprint density at radius 3 is 2.40 bits per heavy atom. The first-order valence-electron chi connectivity index (χ1n) is 11.1. The maximum Gasteiger partial charge on any atom is 0.397 e. The Morgan fingerprint density at radius 2 is 1.71 bits per heavy atom. The predicted molar refractivity (Wildman–Crippen MR) is 126 cm³/mol. The van der Waals surface area contributed by atoms with Gasteiger partial charge in [0.1, 0.15) is 18.4 Å². The molecule has 5 nitrogen and oxygen atoms in total. The summed E-state index contributed by atoms with van der Waals surface area (Å²) in [4.78, 5) is 14.2. The van der Waals surface area contributed by atoms with E-state index < -0.39 is 31.3 Å². The summed E-state index contributed by atoms with van der Waals surface area (Å²) in [5.74, 6) is -2.27. The lowest BCUT2D eigenvalue weighted by Gasteiger charge is -2.32. The number of nitrogens with zero attached hydrogens (tertiary/aromatic N) is 2. The Bertz CT molecular complexity index is 1400. The van der Waals surface area contributed by atoms with Crippen LogP contribution in [0, 0.1) is 0 Å². The monoisotopic (exact) mass is 480 g/mol. The van der Waals surface area contributed by atoms with Crippen molar-refractivity contribution < 1.29 is 27.8 Å². The zero-order chi connectivity index (χ0) is 24.7. The third kappa shape index (κ3) is 3.93. The van der Waals surface area contributed by atoms with Gasteiger partial charge in [-0.15, -0.1) is 0 Å². The van der Waals surface area contributed by atoms with Crippen molar-refractivity contribution >= 4 is 16.8 Å². The summed E-state index contributed by atoms with van der Waals surface area (Å²) in [6.45, 7) is -1.20. The standard InChI is InChI=1S/C27H23F3N2O3/c1-35-18-11-12-19-21(13-18)26(34)31(16-33)15-22(27(28,29)30)24-20-9-5-6-10-23(20)32(25(19)24)14-17-7-3-2-4-8-17/h2-13,22,33H,14-16H2,1H3/t22-/m0/s1. The lowest BCUT2D eigenvalue weighted by molar-refractivity contribution is -0.154. The number of carbonyl (C=O) groups is 1. The number of amides is 1. The number of alkyl halides is 3. The van der Waals surface area contributed by atoms with Gasteiger partial charge < -0.3 is 19.3 Å². The van der Waals surface area contributed by atoms with Gasteiger partial charge in [-0.1, -0.05) is 48.5 Å². The second-order valence-corrected chi connectivity index (χ2v) is 8.53. The summed E-state index contributed by atoms with van der Waals surface area (Å²) < 4.78 is 50.9. The van der Waals surface area contributed by atoms with E-state index >= 15 is 0 Å². The number of benzene rings is 3. The first-order valence-corrected chi connectivity index (χ1v) is 11.1. The van der Waals surface area contributed by atoms with Crippen LogP contribution in [-0.4, -0.2) is 47.0 Å². The maximum atomic E-state index is 14.6. The van der Waals surface area contributed by atoms with Gasteiger partial charge in [0.2, 0.25) is 0 Å². The van der Waals surface area contributed by atoms with Crippen LogP contribution < -0.4 is 4.74 Å². The Kier molecular flexibility index (Phi) is 5.76. The van der Waals surface area contributed by atoms with E-state index in [4.69, 9.17) is 4.74 Å². The number of methoxy groups -OCH3 is 1. The molecule has 4 aromatic rings. The van der Waals surface area contributed by atoms with Crippen LogP contribution in [-0.2, 0) is 6.54 Å². The zero-order valence-electron chi connectivity index (χ0n) is 18.9. The minimum Gasteiger partial charge on any atom is -0.497 e. The number of fused-ring (bicyclic) bond motifs is 5. The van der Waals surface area contributed by atoms with Crippen LogP contribution in [0.1, 0.15) is 27.4 Å². The van der Waals surface area contributed by atoms with E-state index in [1.807, 2.05) is 34.9 Å². The molecule has 0 aliphatic carbocycles. The van der Waals surface area contributed by atoms with E-state index in [0.717, 1.165) is 10.5 Å². The Balaban J connectivity index is 1.91. The van der Waals surface area contributed by atoms with Crippen LogP contribution in [0.5, 0.6) is 5.75 Å². The summed E-state index contributed by atoms with van der Waals surface area (Å²) in [5.41, 5.74) is 2.55. The molecule has 1 N–H and O–H groups in total. The largest absolute Gasteiger partial charge is 0.497 e. The molecule has 0 bridgehead atoms. The number of aliphatic hydroxyl groups is 1. The van der Waals surface area contributed by atoms with Crippen molar-refractivity contribution in [2.75, 3.05) is 20.4 Å². The van der Waals surface area contributed by atoms with Gasteiger partial charge in [0.15, 0.2) is 0 Å². The molecule has 0 unspecified atom stereocenters. The van der Waals surface area contributed by atoms with E-state index in [-0.39, 0.29) is 11.1 Å². The number of aliphatic hydroxyl groups excluding tert-OH is 1. The van der Waals surface area contributed by atoms with Gasteiger partial charge in [0, 0.05) is 29.6 Å². The molecule has 0 radical (unpaired) electrons. The van der Waals surface area contributed by atoms with Crippen molar-refractivity contribution in [3.8, 4) is 17.0 Å². The number of rotatable bonds is 4. The second kappa shape index (κ2) is 8.78. The third-order valence-corrected chi connectivity index (χ3v) is 6.51. The van der Waals surface area contributed by atoms with E-state index in [1.54, 1.807) is 36.4 Å². The normalized spacial score (nSPS) is 16.0. The van der Waals surface area contributed by atoms with E-state index in [2.05, 4.69) is 0 Å². The highest BCUT2D eigenvalue weighted by Crippen LogP contribution is 2.48. The molecule has 3 aromatic carbocycles. The fourth-order valence-electron chi connectivity index (χ4n) is 4.89. The molecular weight excluding hydrogens is 457 g/mol. The van der Waals surface area contributed by atoms with Crippen molar-refractivity contribution in [2.45, 2.75) is 18.6 Å². The van der Waals surface area contributed by atoms with E-state index in [9.17, 15) is 23.1 Å². The van der Waals surface area contributed by atoms with Gasteiger partial charge in [-0.2, -0.15) is 13.2 Å². The fourth-order valence-corrected chi connectivity index (χ4v) is 4.89. The second-order valence-electron chi connectivity index (χ2n) is 8.53. The van der Waals surface area contributed by atoms with Crippen LogP contribution in [0.2, 0.25) is 0 Å². The lowest BCUT2D eigenvalue weighted by Crippen LogP contribution is -2.41. The van der Waals surface area contributed by atoms with Gasteiger partial charge >= 0.3 is 6.18 Å². The van der Waals surface area contributed by atoms with Crippen LogP contribution in [0.15, 0.2) is 72.8 Å². The van der Waals surface area contributed by atoms with Crippen molar-refractivity contribution in [1.82, 2.24) is 9.47 Å². The lowest BCUT2D eigenvalue weighted by atomic mass is 9.88. The van der Waals surface area contributed by atoms with Gasteiger partial charge in [0.05, 0.1) is 18.4 Å². The molecule has 35 heavy (non-hydrogen) atoms. The zero-order valence-corrected chi connectivity index (χ0v) is 18.9. The molecule has 1 aliphatic rings. The Hall–Kier alpha value is -3.78. The minimum absolute atomic E-state index is 0.0985. The average molecular weight is 480 g/mol. The van der Waals surface area contributed by atoms with Gasteiger partial charge in [-0.25, -0.2) is 0 Å². The first-order chi connectivity index (χ1) is 16.8. The van der Waals surface area contributed by atoms with E-state index in [0.29, 0.717) is 34.5 Å². The van der Waals surface area contributed by atoms with Crippen molar-refractivity contribution in [2.24, 2.45) is 0 Å². The minimum atomic E-state index is -4.64. The average Bonchev–Trinajstić information content (AvgIpc) is 3.16. The summed E-state index contributed by atoms with van der Waals surface area (Å²) in [5, 5.41) is 10.3. The summed E-state index contributed by atoms with van der Waals surface area (Å²) >= 11 is 0. The van der Waals surface area contributed by atoms with E-state index in [1.165, 1.54) is 13.2 Å². The molecule has 0 spiro atoms. The highest BCUT2D eigenvalue weighted by molar-refractivity contribution is 6.04. The summed E-state index contributed by atoms with van der Waals surface area (Å²) in [6.07, 6.45) is -4.64. The van der Waals surface area contributed by atoms with Crippen LogP contribution in [0.4, 0.5) is 13.2 Å². The molecule has 5 rings (SSSR count). The van der Waals surface area contributed by atoms with Gasteiger partial charge in [-0.05, 0) is 35.4 Å². The number of hydrogen-bond acceptors (Lipinski definition) is 3. The number of halogens is 3. The topological polar surface area (TPSA) is 54.7 Å². The van der Waals surface area contributed by atoms with Gasteiger partial charge in [0.25, 0.3) is 5.91 Å². The molecule has 8 heteroatoms. The SMILES string of the molecule is COc1ccc2c(c1)C(=O)N(CO)C[C@H](C(F)(F)F)c1c-2n(Cc2ccccc2)c2ccccc12. The predicted octanol–water partition coefficient (Wildman–Crippen LogP) is 5.42. The molecule has 1 aliphatic heterocycles. The first kappa shape index (κ1) is 23.0. The molecule has 2 heterocycles. The van der Waals surface area contributed by atoms with Crippen LogP contribution >= 0.6 is 0 Å². The Labute approximate surface area is 200 Å². The smallest absolute Gasteiger partial charge is 0.397 e. The molecular formula is C27H23F3N2O3. The molecule has 180 valence electrons. The molecule has 1 amide bonds. The van der Waals surface area contributed by atoms with Crippen molar-refractivity contribution in [3.05, 3.63) is 89.5 Å². The molecule has 1 aromatic heterocycles. The third-order valence-electron chi connectivity index (χ3n) is 6.51. The highest BCUT2D eigenvalue weighted by atomic mass is 19.4. The van der Waals surface area contributed by atoms with Crippen LogP contribution in [0.25, 0.3) is 22.2 Å².